The molecule has 0 aliphatic rings. The molecular weight excluding hydrogens is 185 g/mol. The molecule has 0 atom stereocenters. The van der Waals surface area contributed by atoms with E-state index in [2.05, 4.69) is 4.98 Å². The van der Waals surface area contributed by atoms with Crippen molar-refractivity contribution in [3.63, 3.8) is 0 Å². The average molecular weight is 194 g/mol. The molecule has 1 N–H and O–H groups in total. The van der Waals surface area contributed by atoms with Gasteiger partial charge in [-0.2, -0.15) is 0 Å². The van der Waals surface area contributed by atoms with Crippen LogP contribution in [0.2, 0.25) is 0 Å². The fourth-order valence-corrected chi connectivity index (χ4v) is 0.658. The Kier molecular flexibility index (Phi) is 7.32. The summed E-state index contributed by atoms with van der Waals surface area (Å²) in [6.45, 7) is 0. The van der Waals surface area contributed by atoms with Gasteiger partial charge in [-0.05, 0) is 12.1 Å². The molecule has 12 heavy (non-hydrogen) atoms. The van der Waals surface area contributed by atoms with Crippen LogP contribution in [0, 0.1) is 0 Å². The van der Waals surface area contributed by atoms with Gasteiger partial charge in [0.1, 0.15) is 0 Å². The van der Waals surface area contributed by atoms with Crippen molar-refractivity contribution >= 4 is 18.4 Å². The Morgan fingerprint density at radius 3 is 2.58 bits per heavy atom. The second kappa shape index (κ2) is 6.54. The Balaban J connectivity index is 0. The van der Waals surface area contributed by atoms with Gasteiger partial charge in [0.15, 0.2) is 0 Å². The first kappa shape index (κ1) is 13.4. The number of pyridine rings is 1. The van der Waals surface area contributed by atoms with Gasteiger partial charge in [-0.1, -0.05) is 6.07 Å². The highest BCUT2D eigenvalue weighted by molar-refractivity contribution is 5.85. The minimum absolute atomic E-state index is 0. The van der Waals surface area contributed by atoms with Gasteiger partial charge in [0, 0.05) is 6.20 Å². The predicted octanol–water partition coefficient (Wildman–Crippen LogP) is 1.28. The van der Waals surface area contributed by atoms with Crippen molar-refractivity contribution in [2.45, 2.75) is 6.42 Å². The zero-order valence-electron chi connectivity index (χ0n) is 6.14. The second-order valence-corrected chi connectivity index (χ2v) is 1.89. The lowest BCUT2D eigenvalue weighted by Gasteiger charge is -1.91. The van der Waals surface area contributed by atoms with Gasteiger partial charge in [-0.3, -0.25) is 14.5 Å². The normalized spacial score (nSPS) is 7.67. The van der Waals surface area contributed by atoms with Crippen molar-refractivity contribution in [3.05, 3.63) is 30.1 Å². The number of hydrogen-bond donors (Lipinski definition) is 1. The smallest absolute Gasteiger partial charge is 0.309 e. The van der Waals surface area contributed by atoms with E-state index in [0.717, 1.165) is 0 Å². The Morgan fingerprint density at radius 2 is 2.17 bits per heavy atom. The maximum atomic E-state index is 10.1. The van der Waals surface area contributed by atoms with E-state index in [1.807, 2.05) is 0 Å². The molecule has 5 heteroatoms. The van der Waals surface area contributed by atoms with Gasteiger partial charge in [0.2, 0.25) is 0 Å². The highest BCUT2D eigenvalue weighted by Gasteiger charge is 1.98. The van der Waals surface area contributed by atoms with E-state index < -0.39 is 5.97 Å². The Labute approximate surface area is 75.2 Å². The topological polar surface area (TPSA) is 50.2 Å². The highest BCUT2D eigenvalue weighted by atomic mass is 35.5. The van der Waals surface area contributed by atoms with Crippen LogP contribution in [0.3, 0.4) is 0 Å². The molecule has 0 aliphatic heterocycles. The molecule has 3 nitrogen and oxygen atoms in total. The van der Waals surface area contributed by atoms with Gasteiger partial charge in [0.05, 0.1) is 12.1 Å². The molecule has 0 spiro atoms. The number of carboxylic acids is 1. The van der Waals surface area contributed by atoms with Gasteiger partial charge in [-0.25, -0.2) is 0 Å². The molecule has 0 saturated carbocycles. The molecule has 1 aromatic heterocycles. The zero-order chi connectivity index (χ0) is 7.40. The summed E-state index contributed by atoms with van der Waals surface area (Å²) in [6, 6.07) is 5.21. The van der Waals surface area contributed by atoms with Crippen molar-refractivity contribution in [1.29, 1.82) is 0 Å². The molecule has 0 radical (unpaired) electrons. The molecular formula is C7H9ClFNO2. The van der Waals surface area contributed by atoms with Crippen LogP contribution in [0.15, 0.2) is 24.4 Å². The van der Waals surface area contributed by atoms with E-state index in [4.69, 9.17) is 5.11 Å². The number of nitrogens with zero attached hydrogens (tertiary/aromatic N) is 1. The van der Waals surface area contributed by atoms with Crippen molar-refractivity contribution in [3.8, 4) is 0 Å². The number of hydrogen-bond acceptors (Lipinski definition) is 2. The zero-order valence-corrected chi connectivity index (χ0v) is 6.95. The van der Waals surface area contributed by atoms with E-state index in [1.54, 1.807) is 24.4 Å². The van der Waals surface area contributed by atoms with Crippen molar-refractivity contribution in [2.24, 2.45) is 0 Å². The quantitative estimate of drug-likeness (QED) is 0.770. The molecule has 68 valence electrons. The van der Waals surface area contributed by atoms with Crippen LogP contribution < -0.4 is 0 Å². The van der Waals surface area contributed by atoms with Gasteiger partial charge in [-0.15, -0.1) is 12.4 Å². The molecule has 0 unspecified atom stereocenters. The monoisotopic (exact) mass is 193 g/mol. The van der Waals surface area contributed by atoms with Crippen LogP contribution in [0.5, 0.6) is 0 Å². The summed E-state index contributed by atoms with van der Waals surface area (Å²) in [6.07, 6.45) is 1.58. The molecule has 1 heterocycles. The Hall–Kier alpha value is -1.16. The highest BCUT2D eigenvalue weighted by Crippen LogP contribution is 1.93. The largest absolute Gasteiger partial charge is 0.481 e. The maximum Gasteiger partial charge on any atom is 0.309 e. The van der Waals surface area contributed by atoms with Crippen LogP contribution in [-0.2, 0) is 11.2 Å². The van der Waals surface area contributed by atoms with Crippen molar-refractivity contribution in [2.75, 3.05) is 0 Å². The predicted molar refractivity (Wildman–Crippen MR) is 45.3 cm³/mol. The number of aliphatic carboxylic acids is 1. The summed E-state index contributed by atoms with van der Waals surface area (Å²) in [5, 5.41) is 8.33. The third kappa shape index (κ3) is 4.62. The third-order valence-corrected chi connectivity index (χ3v) is 1.06. The SMILES string of the molecule is Cl.F.O=C(O)Cc1ccccn1. The van der Waals surface area contributed by atoms with Crippen LogP contribution in [0.4, 0.5) is 4.70 Å². The summed E-state index contributed by atoms with van der Waals surface area (Å²) >= 11 is 0. The average Bonchev–Trinajstić information content (AvgIpc) is 1.88. The lowest BCUT2D eigenvalue weighted by atomic mass is 10.3. The Morgan fingerprint density at radius 1 is 1.50 bits per heavy atom. The molecule has 0 saturated heterocycles. The summed E-state index contributed by atoms with van der Waals surface area (Å²) in [4.78, 5) is 14.0. The van der Waals surface area contributed by atoms with Crippen LogP contribution >= 0.6 is 12.4 Å². The number of rotatable bonds is 2. The van der Waals surface area contributed by atoms with Gasteiger partial charge >= 0.3 is 5.97 Å². The second-order valence-electron chi connectivity index (χ2n) is 1.89. The molecule has 0 aliphatic carbocycles. The molecule has 0 aromatic carbocycles. The van der Waals surface area contributed by atoms with E-state index in [9.17, 15) is 4.79 Å². The third-order valence-electron chi connectivity index (χ3n) is 1.06. The van der Waals surface area contributed by atoms with Crippen LogP contribution in [0.1, 0.15) is 5.69 Å². The summed E-state index contributed by atoms with van der Waals surface area (Å²) < 4.78 is 0. The van der Waals surface area contributed by atoms with E-state index in [1.165, 1.54) is 0 Å². The van der Waals surface area contributed by atoms with Gasteiger partial charge < -0.3 is 5.11 Å². The fraction of sp³-hybridized carbons (Fsp3) is 0.143. The lowest BCUT2D eigenvalue weighted by Crippen LogP contribution is -2.01. The Bertz CT molecular complexity index is 230. The summed E-state index contributed by atoms with van der Waals surface area (Å²) in [7, 11) is 0. The minimum Gasteiger partial charge on any atom is -0.481 e. The first-order chi connectivity index (χ1) is 4.79. The van der Waals surface area contributed by atoms with E-state index >= 15 is 0 Å². The van der Waals surface area contributed by atoms with Crippen molar-refractivity contribution < 1.29 is 14.6 Å². The first-order valence-corrected chi connectivity index (χ1v) is 2.91. The molecule has 0 bridgehead atoms. The number of carbonyl (C=O) groups is 1. The van der Waals surface area contributed by atoms with Crippen LogP contribution in [0.25, 0.3) is 0 Å². The molecule has 0 amide bonds. The summed E-state index contributed by atoms with van der Waals surface area (Å²) in [5.41, 5.74) is 0.593. The van der Waals surface area contributed by atoms with Crippen molar-refractivity contribution in [1.82, 2.24) is 4.98 Å². The number of aromatic nitrogens is 1. The van der Waals surface area contributed by atoms with Gasteiger partial charge in [0.25, 0.3) is 0 Å². The number of carboxylic acid groups (broad SMARTS) is 1. The molecule has 1 rings (SSSR count). The molecule has 1 aromatic rings. The van der Waals surface area contributed by atoms with E-state index in [-0.39, 0.29) is 23.5 Å². The van der Waals surface area contributed by atoms with Crippen LogP contribution in [-0.4, -0.2) is 16.1 Å². The maximum absolute atomic E-state index is 10.1. The molecule has 0 fully saturated rings. The fourth-order valence-electron chi connectivity index (χ4n) is 0.658. The first-order valence-electron chi connectivity index (χ1n) is 2.91. The minimum atomic E-state index is -0.848. The number of halogens is 2. The summed E-state index contributed by atoms with van der Waals surface area (Å²) in [5.74, 6) is -0.848. The van der Waals surface area contributed by atoms with E-state index in [0.29, 0.717) is 5.69 Å². The lowest BCUT2D eigenvalue weighted by molar-refractivity contribution is -0.136. The standard InChI is InChI=1S/C7H7NO2.ClH.FH/c9-7(10)5-6-3-1-2-4-8-6;;/h1-4H,5H2,(H,9,10);2*1H.